The van der Waals surface area contributed by atoms with Crippen LogP contribution in [-0.4, -0.2) is 16.1 Å². The molecule has 14 rings (SSSR count). The van der Waals surface area contributed by atoms with Gasteiger partial charge in [0.1, 0.15) is 11.6 Å². The quantitative estimate of drug-likeness (QED) is 0.127. The second-order valence-corrected chi connectivity index (χ2v) is 22.3. The molecule has 10 aromatic rings. The van der Waals surface area contributed by atoms with E-state index in [4.69, 9.17) is 0 Å². The first kappa shape index (κ1) is 43.4. The Hall–Kier alpha value is -7.37. The number of halogens is 2. The number of nitrogens with zero attached hydrogens (tertiary/aromatic N) is 3. The van der Waals surface area contributed by atoms with Crippen molar-refractivity contribution in [3.63, 3.8) is 0 Å². The Morgan fingerprint density at radius 3 is 1.46 bits per heavy atom. The Kier molecular flexibility index (Phi) is 9.39. The average molecular weight is 942 g/mol. The molecule has 72 heavy (non-hydrogen) atoms. The van der Waals surface area contributed by atoms with Crippen LogP contribution >= 0.6 is 0 Å². The van der Waals surface area contributed by atoms with Crippen LogP contribution in [0.1, 0.15) is 90.2 Å². The maximum Gasteiger partial charge on any atom is 0.125 e. The van der Waals surface area contributed by atoms with E-state index in [2.05, 4.69) is 164 Å². The smallest absolute Gasteiger partial charge is 0.125 e. The summed E-state index contributed by atoms with van der Waals surface area (Å²) < 4.78 is 30.3. The third kappa shape index (κ3) is 5.91. The van der Waals surface area contributed by atoms with E-state index in [1.54, 1.807) is 24.3 Å². The van der Waals surface area contributed by atoms with Crippen molar-refractivity contribution in [2.24, 2.45) is 0 Å². The third-order valence-corrected chi connectivity index (χ3v) is 18.9. The number of hydrogen-bond acceptors (Lipinski definition) is 3. The monoisotopic (exact) mass is 941 g/mol. The van der Waals surface area contributed by atoms with Crippen molar-refractivity contribution in [2.45, 2.75) is 101 Å². The van der Waals surface area contributed by atoms with Crippen LogP contribution < -0.4 is 9.80 Å². The molecule has 1 aromatic heterocycles. The molecule has 5 heteroatoms. The predicted molar refractivity (Wildman–Crippen MR) is 296 cm³/mol. The molecular weight excluding hydrogens is 885 g/mol. The molecule has 0 saturated heterocycles. The summed E-state index contributed by atoms with van der Waals surface area (Å²) in [5.41, 5.74) is 13.1. The normalized spacial score (nSPS) is 23.4. The lowest BCUT2D eigenvalue weighted by Gasteiger charge is -2.50. The molecule has 3 heterocycles. The van der Waals surface area contributed by atoms with Crippen LogP contribution in [0.2, 0.25) is 0 Å². The zero-order valence-electron chi connectivity index (χ0n) is 41.5. The summed E-state index contributed by atoms with van der Waals surface area (Å²) in [5, 5.41) is 9.61. The van der Waals surface area contributed by atoms with Gasteiger partial charge in [0, 0.05) is 51.5 Å². The summed E-state index contributed by atoms with van der Waals surface area (Å²) in [4.78, 5) is 9.56. The second-order valence-electron chi connectivity index (χ2n) is 22.3. The fourth-order valence-corrected chi connectivity index (χ4v) is 15.0. The first-order chi connectivity index (χ1) is 35.0. The van der Waals surface area contributed by atoms with Gasteiger partial charge in [-0.2, -0.15) is 0 Å². The van der Waals surface area contributed by atoms with Gasteiger partial charge in [0.05, 0.1) is 11.1 Å². The molecule has 9 aromatic carbocycles. The van der Waals surface area contributed by atoms with Crippen LogP contribution in [0.15, 0.2) is 176 Å². The fraction of sp³-hybridized carbons (Fsp3) is 0.239. The SMILES string of the molecule is CC12CCCCC1(C)N(c1cccc(F)c1)c1ccc(-c3c4ccccc4c(-c4ccc5c(c4)C4(C)CCCCC4(C)N5c4cccc(F)c4)c4cc5c(cc34)c(-c3cccnc3)cc3ccccc35)cc12. The van der Waals surface area contributed by atoms with Crippen molar-refractivity contribution in [2.75, 3.05) is 9.80 Å². The van der Waals surface area contributed by atoms with Crippen molar-refractivity contribution < 1.29 is 8.78 Å². The van der Waals surface area contributed by atoms with Crippen molar-refractivity contribution in [3.8, 4) is 33.4 Å². The van der Waals surface area contributed by atoms with Gasteiger partial charge in [-0.15, -0.1) is 0 Å². The average Bonchev–Trinajstić information content (AvgIpc) is 3.75. The minimum absolute atomic E-state index is 0.163. The van der Waals surface area contributed by atoms with Gasteiger partial charge < -0.3 is 9.80 Å². The molecule has 0 spiro atoms. The highest BCUT2D eigenvalue weighted by atomic mass is 19.1. The standard InChI is InChI=1S/C67H57F2N3/c1-64-29-9-11-31-66(64,3)71(48-20-13-18-46(68)37-48)60-27-25-43(35-58(60)64)62-51-23-7-8-24-52(51)63(57-40-55-53(45-17-15-33-70-41-45)34-42-16-5-6-22-50(42)54(55)39-56(57)62)44-26-28-61-59(36-44)65(2)30-10-12-32-67(65,4)72(61)49-21-14-19-47(69)38-49/h5-8,13-28,33-41H,9-12,29-32H2,1-4H3. The van der Waals surface area contributed by atoms with Crippen LogP contribution in [0.25, 0.3) is 76.5 Å². The lowest BCUT2D eigenvalue weighted by molar-refractivity contribution is 0.195. The van der Waals surface area contributed by atoms with E-state index in [1.807, 2.05) is 30.6 Å². The van der Waals surface area contributed by atoms with Crippen LogP contribution in [-0.2, 0) is 10.8 Å². The number of benzene rings is 9. The Morgan fingerprint density at radius 1 is 0.417 bits per heavy atom. The van der Waals surface area contributed by atoms with Crippen LogP contribution in [0, 0.1) is 11.6 Å². The zero-order valence-corrected chi connectivity index (χ0v) is 41.5. The van der Waals surface area contributed by atoms with E-state index < -0.39 is 0 Å². The van der Waals surface area contributed by atoms with E-state index in [-0.39, 0.29) is 33.5 Å². The molecule has 2 aliphatic heterocycles. The summed E-state index contributed by atoms with van der Waals surface area (Å²) >= 11 is 0. The highest BCUT2D eigenvalue weighted by Gasteiger charge is 2.59. The molecule has 0 amide bonds. The van der Waals surface area contributed by atoms with Gasteiger partial charge in [-0.1, -0.05) is 118 Å². The van der Waals surface area contributed by atoms with Crippen molar-refractivity contribution in [1.82, 2.24) is 4.98 Å². The summed E-state index contributed by atoms with van der Waals surface area (Å²) in [6.07, 6.45) is 12.6. The fourth-order valence-electron chi connectivity index (χ4n) is 15.0. The van der Waals surface area contributed by atoms with E-state index in [9.17, 15) is 0 Å². The lowest BCUT2D eigenvalue weighted by atomic mass is 9.61. The summed E-state index contributed by atoms with van der Waals surface area (Å²) in [6, 6.07) is 58.1. The molecule has 4 aliphatic rings. The van der Waals surface area contributed by atoms with Crippen LogP contribution in [0.4, 0.5) is 31.5 Å². The molecule has 3 nitrogen and oxygen atoms in total. The highest BCUT2D eigenvalue weighted by Crippen LogP contribution is 2.64. The number of hydrogen-bond donors (Lipinski definition) is 0. The molecule has 2 saturated carbocycles. The Bertz CT molecular complexity index is 3900. The Morgan fingerprint density at radius 2 is 0.931 bits per heavy atom. The summed E-state index contributed by atoms with van der Waals surface area (Å²) in [6.45, 7) is 9.76. The number of rotatable bonds is 5. The number of anilines is 4. The van der Waals surface area contributed by atoms with Crippen LogP contribution in [0.3, 0.4) is 0 Å². The Balaban J connectivity index is 1.08. The number of pyridine rings is 1. The molecule has 0 radical (unpaired) electrons. The molecule has 0 N–H and O–H groups in total. The molecule has 2 fully saturated rings. The maximum atomic E-state index is 15.1. The van der Waals surface area contributed by atoms with E-state index in [0.29, 0.717) is 0 Å². The minimum atomic E-state index is -0.229. The summed E-state index contributed by atoms with van der Waals surface area (Å²) in [5.74, 6) is -0.422. The molecule has 4 unspecified atom stereocenters. The van der Waals surface area contributed by atoms with E-state index in [0.717, 1.165) is 73.9 Å². The second kappa shape index (κ2) is 15.6. The highest BCUT2D eigenvalue weighted by molar-refractivity contribution is 6.27. The van der Waals surface area contributed by atoms with Gasteiger partial charge in [0.25, 0.3) is 0 Å². The summed E-state index contributed by atoms with van der Waals surface area (Å²) in [7, 11) is 0. The van der Waals surface area contributed by atoms with E-state index >= 15 is 8.78 Å². The lowest BCUT2D eigenvalue weighted by Crippen LogP contribution is -2.54. The van der Waals surface area contributed by atoms with Crippen molar-refractivity contribution >= 4 is 65.8 Å². The van der Waals surface area contributed by atoms with Crippen LogP contribution in [0.5, 0.6) is 0 Å². The van der Waals surface area contributed by atoms with Gasteiger partial charge in [0.15, 0.2) is 0 Å². The third-order valence-electron chi connectivity index (χ3n) is 18.9. The first-order valence-corrected chi connectivity index (χ1v) is 26.1. The van der Waals surface area contributed by atoms with Gasteiger partial charge in [-0.3, -0.25) is 4.98 Å². The van der Waals surface area contributed by atoms with Gasteiger partial charge >= 0.3 is 0 Å². The van der Waals surface area contributed by atoms with Gasteiger partial charge in [-0.05, 0) is 206 Å². The van der Waals surface area contributed by atoms with E-state index in [1.165, 1.54) is 87.8 Å². The first-order valence-electron chi connectivity index (χ1n) is 26.1. The molecule has 0 bridgehead atoms. The van der Waals surface area contributed by atoms with Gasteiger partial charge in [0.2, 0.25) is 0 Å². The van der Waals surface area contributed by atoms with Crippen molar-refractivity contribution in [3.05, 3.63) is 199 Å². The molecule has 4 atom stereocenters. The minimum Gasteiger partial charge on any atom is -0.334 e. The Labute approximate surface area is 420 Å². The molecular formula is C67H57F2N3. The zero-order chi connectivity index (χ0) is 48.7. The predicted octanol–water partition coefficient (Wildman–Crippen LogP) is 18.5. The van der Waals surface area contributed by atoms with Gasteiger partial charge in [-0.25, -0.2) is 8.78 Å². The number of fused-ring (bicyclic) bond motifs is 11. The topological polar surface area (TPSA) is 19.4 Å². The molecule has 354 valence electrons. The largest absolute Gasteiger partial charge is 0.334 e. The maximum absolute atomic E-state index is 15.1. The molecule has 2 aliphatic carbocycles. The number of aromatic nitrogens is 1. The van der Waals surface area contributed by atoms with Crippen molar-refractivity contribution in [1.29, 1.82) is 0 Å².